The van der Waals surface area contributed by atoms with Crippen LogP contribution in [0.2, 0.25) is 5.02 Å². The number of aliphatic hydroxyl groups excluding tert-OH is 1. The molecule has 3 nitrogen and oxygen atoms in total. The highest BCUT2D eigenvalue weighted by molar-refractivity contribution is 7.13. The molecule has 17 heavy (non-hydrogen) atoms. The van der Waals surface area contributed by atoms with Crippen molar-refractivity contribution in [2.24, 2.45) is 0 Å². The zero-order chi connectivity index (χ0) is 13.0. The van der Waals surface area contributed by atoms with Gasteiger partial charge in [-0.1, -0.05) is 11.6 Å². The quantitative estimate of drug-likeness (QED) is 0.901. The van der Waals surface area contributed by atoms with Gasteiger partial charge in [0.25, 0.3) is 12.3 Å². The summed E-state index contributed by atoms with van der Waals surface area (Å²) in [4.78, 5) is 13.1. The first-order valence-electron chi connectivity index (χ1n) is 4.89. The van der Waals surface area contributed by atoms with Gasteiger partial charge in [0.15, 0.2) is 0 Å². The van der Waals surface area contributed by atoms with E-state index in [1.54, 1.807) is 12.3 Å². The fourth-order valence-corrected chi connectivity index (χ4v) is 2.52. The number of thiophene rings is 1. The van der Waals surface area contributed by atoms with Gasteiger partial charge in [0.05, 0.1) is 18.2 Å². The molecule has 1 heterocycles. The predicted octanol–water partition coefficient (Wildman–Crippen LogP) is 2.41. The molecule has 0 aliphatic rings. The first-order valence-corrected chi connectivity index (χ1v) is 6.15. The first kappa shape index (κ1) is 14.3. The molecule has 1 N–H and O–H groups in total. The predicted molar refractivity (Wildman–Crippen MR) is 63.1 cm³/mol. The van der Waals surface area contributed by atoms with Crippen LogP contribution in [-0.2, 0) is 0 Å². The molecule has 0 saturated carbocycles. The number of amides is 1. The van der Waals surface area contributed by atoms with Crippen LogP contribution >= 0.6 is 22.9 Å². The summed E-state index contributed by atoms with van der Waals surface area (Å²) in [6.45, 7) is 0.544. The number of aliphatic hydroxyl groups is 1. The van der Waals surface area contributed by atoms with Gasteiger partial charge in [-0.2, -0.15) is 0 Å². The van der Waals surface area contributed by atoms with Gasteiger partial charge in [0.2, 0.25) is 0 Å². The molecule has 1 aromatic heterocycles. The molecule has 0 radical (unpaired) electrons. The lowest BCUT2D eigenvalue weighted by molar-refractivity contribution is 0.0513. The van der Waals surface area contributed by atoms with E-state index >= 15 is 0 Å². The number of carbonyl (C=O) groups is 1. The highest BCUT2D eigenvalue weighted by atomic mass is 35.5. The minimum atomic E-state index is -2.63. The minimum Gasteiger partial charge on any atom is -0.395 e. The largest absolute Gasteiger partial charge is 0.395 e. The summed E-state index contributed by atoms with van der Waals surface area (Å²) in [6.07, 6.45) is -2.63. The maximum atomic E-state index is 12.3. The molecule has 0 fully saturated rings. The molecule has 0 spiro atoms. The number of carbonyl (C=O) groups excluding carboxylic acids is 1. The van der Waals surface area contributed by atoms with Crippen LogP contribution in [0.25, 0.3) is 0 Å². The Labute approximate surface area is 107 Å². The van der Waals surface area contributed by atoms with Crippen molar-refractivity contribution in [2.75, 3.05) is 19.7 Å². The molecule has 1 aromatic rings. The van der Waals surface area contributed by atoms with Gasteiger partial charge in [-0.3, -0.25) is 4.79 Å². The van der Waals surface area contributed by atoms with Gasteiger partial charge in [-0.05, 0) is 17.9 Å². The van der Waals surface area contributed by atoms with E-state index in [-0.39, 0.29) is 23.1 Å². The number of nitrogens with zero attached hydrogens (tertiary/aromatic N) is 1. The average Bonchev–Trinajstić information content (AvgIpc) is 2.58. The van der Waals surface area contributed by atoms with E-state index in [0.717, 1.165) is 21.8 Å². The molecule has 0 aliphatic heterocycles. The second kappa shape index (κ2) is 6.28. The van der Waals surface area contributed by atoms with E-state index in [1.165, 1.54) is 0 Å². The first-order chi connectivity index (χ1) is 7.97. The Morgan fingerprint density at radius 3 is 2.71 bits per heavy atom. The number of hydrogen-bond donors (Lipinski definition) is 1. The third kappa shape index (κ3) is 3.62. The molecular formula is C10H12ClF2NO2S. The van der Waals surface area contributed by atoms with Crippen molar-refractivity contribution in [3.8, 4) is 0 Å². The molecule has 0 saturated heterocycles. The highest BCUT2D eigenvalue weighted by Crippen LogP contribution is 2.28. The van der Waals surface area contributed by atoms with E-state index in [4.69, 9.17) is 16.7 Å². The molecular weight excluding hydrogens is 272 g/mol. The molecule has 96 valence electrons. The Balaban J connectivity index is 2.87. The van der Waals surface area contributed by atoms with Crippen LogP contribution in [0, 0.1) is 6.92 Å². The third-order valence-electron chi connectivity index (χ3n) is 2.11. The molecule has 1 rings (SSSR count). The van der Waals surface area contributed by atoms with Gasteiger partial charge in [-0.15, -0.1) is 11.3 Å². The van der Waals surface area contributed by atoms with Crippen molar-refractivity contribution < 1.29 is 18.7 Å². The third-order valence-corrected chi connectivity index (χ3v) is 3.79. The molecule has 1 amide bonds. The van der Waals surface area contributed by atoms with Crippen LogP contribution in [0.5, 0.6) is 0 Å². The van der Waals surface area contributed by atoms with E-state index in [0.29, 0.717) is 0 Å². The molecule has 7 heteroatoms. The lowest BCUT2D eigenvalue weighted by atomic mass is 10.3. The number of alkyl halides is 2. The summed E-state index contributed by atoms with van der Waals surface area (Å²) in [7, 11) is 0. The topological polar surface area (TPSA) is 40.5 Å². The summed E-state index contributed by atoms with van der Waals surface area (Å²) in [5.41, 5.74) is 0.737. The molecule has 0 aliphatic carbocycles. The number of rotatable bonds is 5. The minimum absolute atomic E-state index is 0.129. The van der Waals surface area contributed by atoms with Crippen molar-refractivity contribution in [3.05, 3.63) is 20.8 Å². The Bertz CT molecular complexity index is 398. The van der Waals surface area contributed by atoms with Crippen LogP contribution in [0.1, 0.15) is 15.2 Å². The van der Waals surface area contributed by atoms with Gasteiger partial charge in [-0.25, -0.2) is 8.78 Å². The van der Waals surface area contributed by atoms with Crippen molar-refractivity contribution in [1.82, 2.24) is 4.90 Å². The number of hydrogen-bond acceptors (Lipinski definition) is 3. The van der Waals surface area contributed by atoms with Crippen LogP contribution < -0.4 is 0 Å². The molecule has 0 aromatic carbocycles. The zero-order valence-corrected chi connectivity index (χ0v) is 10.7. The summed E-state index contributed by atoms with van der Waals surface area (Å²) in [6, 6.07) is 0. The standard InChI is InChI=1S/C10H12ClF2NO2S/c1-6-5-17-9(8(6)11)10(16)14(2-3-15)4-7(12)13/h5,7,15H,2-4H2,1H3. The lowest BCUT2D eigenvalue weighted by Crippen LogP contribution is -2.37. The lowest BCUT2D eigenvalue weighted by Gasteiger charge is -2.20. The monoisotopic (exact) mass is 283 g/mol. The van der Waals surface area contributed by atoms with Crippen molar-refractivity contribution in [1.29, 1.82) is 0 Å². The highest BCUT2D eigenvalue weighted by Gasteiger charge is 2.23. The van der Waals surface area contributed by atoms with Crippen molar-refractivity contribution >= 4 is 28.8 Å². The summed E-state index contributed by atoms with van der Waals surface area (Å²) in [5.74, 6) is -0.567. The fraction of sp³-hybridized carbons (Fsp3) is 0.500. The van der Waals surface area contributed by atoms with E-state index in [1.807, 2.05) is 0 Å². The van der Waals surface area contributed by atoms with Crippen molar-refractivity contribution in [2.45, 2.75) is 13.3 Å². The normalized spacial score (nSPS) is 10.9. The SMILES string of the molecule is Cc1csc(C(=O)N(CCO)CC(F)F)c1Cl. The van der Waals surface area contributed by atoms with E-state index < -0.39 is 18.9 Å². The second-order valence-corrected chi connectivity index (χ2v) is 4.69. The molecule has 0 atom stereocenters. The van der Waals surface area contributed by atoms with E-state index in [2.05, 4.69) is 0 Å². The van der Waals surface area contributed by atoms with Gasteiger partial charge < -0.3 is 10.0 Å². The van der Waals surface area contributed by atoms with Crippen LogP contribution in [-0.4, -0.2) is 42.0 Å². The van der Waals surface area contributed by atoms with Crippen LogP contribution in [0.15, 0.2) is 5.38 Å². The number of aryl methyl sites for hydroxylation is 1. The summed E-state index contributed by atoms with van der Waals surface area (Å²) in [5, 5.41) is 10.7. The zero-order valence-electron chi connectivity index (χ0n) is 9.12. The Morgan fingerprint density at radius 2 is 2.29 bits per heavy atom. The second-order valence-electron chi connectivity index (χ2n) is 3.43. The summed E-state index contributed by atoms with van der Waals surface area (Å²) < 4.78 is 24.6. The van der Waals surface area contributed by atoms with Crippen LogP contribution in [0.4, 0.5) is 8.78 Å². The Kier molecular flexibility index (Phi) is 5.30. The number of halogens is 3. The molecule has 0 bridgehead atoms. The van der Waals surface area contributed by atoms with E-state index in [9.17, 15) is 13.6 Å². The van der Waals surface area contributed by atoms with Crippen molar-refractivity contribution in [3.63, 3.8) is 0 Å². The maximum Gasteiger partial charge on any atom is 0.265 e. The fourth-order valence-electron chi connectivity index (χ4n) is 1.28. The maximum absolute atomic E-state index is 12.3. The van der Waals surface area contributed by atoms with Gasteiger partial charge in [0.1, 0.15) is 4.88 Å². The summed E-state index contributed by atoms with van der Waals surface area (Å²) >= 11 is 7.01. The molecule has 0 unspecified atom stereocenters. The smallest absolute Gasteiger partial charge is 0.265 e. The van der Waals surface area contributed by atoms with Gasteiger partial charge >= 0.3 is 0 Å². The Hall–Kier alpha value is -0.720. The average molecular weight is 284 g/mol. The van der Waals surface area contributed by atoms with Gasteiger partial charge in [0, 0.05) is 6.54 Å². The van der Waals surface area contributed by atoms with Crippen LogP contribution in [0.3, 0.4) is 0 Å². The Morgan fingerprint density at radius 1 is 1.65 bits per heavy atom.